The Hall–Kier alpha value is -3.66. The van der Waals surface area contributed by atoms with Gasteiger partial charge in [0.05, 0.1) is 18.1 Å². The summed E-state index contributed by atoms with van der Waals surface area (Å²) >= 11 is 0. The van der Waals surface area contributed by atoms with Gasteiger partial charge in [-0.3, -0.25) is 0 Å². The van der Waals surface area contributed by atoms with Crippen LogP contribution in [0.3, 0.4) is 0 Å². The molecule has 0 radical (unpaired) electrons. The van der Waals surface area contributed by atoms with Crippen LogP contribution >= 0.6 is 0 Å². The summed E-state index contributed by atoms with van der Waals surface area (Å²) in [4.78, 5) is 9.41. The van der Waals surface area contributed by atoms with Crippen molar-refractivity contribution in [2.24, 2.45) is 0 Å². The Labute approximate surface area is 164 Å². The average Bonchev–Trinajstić information content (AvgIpc) is 2.77. The van der Waals surface area contributed by atoms with Crippen molar-refractivity contribution in [3.63, 3.8) is 0 Å². The molecule has 0 N–H and O–H groups in total. The molecule has 0 atom stereocenters. The molecular formula is C24H20N2O2. The number of methoxy groups -OCH3 is 1. The van der Waals surface area contributed by atoms with Crippen LogP contribution in [0.15, 0.2) is 78.9 Å². The van der Waals surface area contributed by atoms with Crippen molar-refractivity contribution in [3.8, 4) is 11.6 Å². The lowest BCUT2D eigenvalue weighted by molar-refractivity contribution is 0.293. The number of hydrogen-bond donors (Lipinski definition) is 0. The molecule has 0 saturated heterocycles. The molecule has 1 aromatic heterocycles. The van der Waals surface area contributed by atoms with Gasteiger partial charge in [0.25, 0.3) is 0 Å². The molecule has 4 rings (SSSR count). The monoisotopic (exact) mass is 368 g/mol. The molecule has 0 amide bonds. The van der Waals surface area contributed by atoms with E-state index in [0.717, 1.165) is 27.9 Å². The molecule has 0 aliphatic carbocycles. The van der Waals surface area contributed by atoms with Gasteiger partial charge in [0, 0.05) is 0 Å². The Bertz CT molecular complexity index is 1090. The van der Waals surface area contributed by atoms with Crippen LogP contribution in [-0.4, -0.2) is 17.1 Å². The lowest BCUT2D eigenvalue weighted by Gasteiger charge is -2.09. The van der Waals surface area contributed by atoms with Crippen LogP contribution in [0.5, 0.6) is 11.6 Å². The second kappa shape index (κ2) is 8.35. The van der Waals surface area contributed by atoms with Gasteiger partial charge in [0.15, 0.2) is 0 Å². The van der Waals surface area contributed by atoms with Crippen LogP contribution in [0, 0.1) is 0 Å². The molecule has 0 unspecified atom stereocenters. The summed E-state index contributed by atoms with van der Waals surface area (Å²) in [5, 5.41) is 0. The quantitative estimate of drug-likeness (QED) is 0.458. The molecule has 0 fully saturated rings. The van der Waals surface area contributed by atoms with Crippen molar-refractivity contribution in [1.29, 1.82) is 0 Å². The Balaban J connectivity index is 1.64. The summed E-state index contributed by atoms with van der Waals surface area (Å²) in [6.07, 6.45) is 3.93. The van der Waals surface area contributed by atoms with E-state index < -0.39 is 0 Å². The van der Waals surface area contributed by atoms with Crippen molar-refractivity contribution >= 4 is 23.2 Å². The van der Waals surface area contributed by atoms with Crippen LogP contribution < -0.4 is 9.47 Å². The molecule has 1 heterocycles. The van der Waals surface area contributed by atoms with Gasteiger partial charge in [-0.2, -0.15) is 0 Å². The van der Waals surface area contributed by atoms with Gasteiger partial charge in [-0.25, -0.2) is 9.97 Å². The van der Waals surface area contributed by atoms with Crippen LogP contribution in [-0.2, 0) is 6.61 Å². The van der Waals surface area contributed by atoms with Gasteiger partial charge in [-0.15, -0.1) is 0 Å². The first-order chi connectivity index (χ1) is 13.8. The highest BCUT2D eigenvalue weighted by Gasteiger charge is 2.08. The number of para-hydroxylation sites is 2. The number of aromatic nitrogens is 2. The molecule has 4 nitrogen and oxygen atoms in total. The van der Waals surface area contributed by atoms with Crippen molar-refractivity contribution in [2.45, 2.75) is 6.61 Å². The van der Waals surface area contributed by atoms with E-state index in [-0.39, 0.29) is 0 Å². The minimum atomic E-state index is 0.442. The van der Waals surface area contributed by atoms with E-state index in [1.54, 1.807) is 7.11 Å². The fourth-order valence-electron chi connectivity index (χ4n) is 2.83. The van der Waals surface area contributed by atoms with E-state index in [4.69, 9.17) is 14.5 Å². The van der Waals surface area contributed by atoms with Crippen molar-refractivity contribution < 1.29 is 9.47 Å². The number of nitrogens with zero attached hydrogens (tertiary/aromatic N) is 2. The molecule has 0 bridgehead atoms. The molecule has 0 aliphatic rings. The lowest BCUT2D eigenvalue weighted by Crippen LogP contribution is -2.01. The fraction of sp³-hybridized carbons (Fsp3) is 0.0833. The van der Waals surface area contributed by atoms with Gasteiger partial charge >= 0.3 is 0 Å². The SMILES string of the molecule is COc1ccc(/C=C\c2nc3ccccc3nc2OCc2ccccc2)cc1. The van der Waals surface area contributed by atoms with Gasteiger partial charge in [-0.05, 0) is 41.5 Å². The first kappa shape index (κ1) is 17.7. The molecule has 3 aromatic carbocycles. The summed E-state index contributed by atoms with van der Waals surface area (Å²) in [5.41, 5.74) is 4.48. The number of ether oxygens (including phenoxy) is 2. The first-order valence-corrected chi connectivity index (χ1v) is 9.07. The number of hydrogen-bond acceptors (Lipinski definition) is 4. The van der Waals surface area contributed by atoms with Crippen LogP contribution in [0.1, 0.15) is 16.8 Å². The second-order valence-corrected chi connectivity index (χ2v) is 6.28. The molecular weight excluding hydrogens is 348 g/mol. The third-order valence-corrected chi connectivity index (χ3v) is 4.33. The third kappa shape index (κ3) is 4.18. The van der Waals surface area contributed by atoms with E-state index in [1.807, 2.05) is 91.0 Å². The Morgan fingerprint density at radius 1 is 0.750 bits per heavy atom. The molecule has 138 valence electrons. The lowest BCUT2D eigenvalue weighted by atomic mass is 10.2. The Morgan fingerprint density at radius 2 is 1.43 bits per heavy atom. The zero-order chi connectivity index (χ0) is 19.2. The van der Waals surface area contributed by atoms with E-state index in [9.17, 15) is 0 Å². The molecule has 0 aliphatic heterocycles. The summed E-state index contributed by atoms with van der Waals surface area (Å²) < 4.78 is 11.2. The van der Waals surface area contributed by atoms with Gasteiger partial charge in [-0.1, -0.05) is 60.7 Å². The highest BCUT2D eigenvalue weighted by atomic mass is 16.5. The third-order valence-electron chi connectivity index (χ3n) is 4.33. The molecule has 0 saturated carbocycles. The predicted molar refractivity (Wildman–Crippen MR) is 112 cm³/mol. The summed E-state index contributed by atoms with van der Waals surface area (Å²) in [6, 6.07) is 25.7. The fourth-order valence-corrected chi connectivity index (χ4v) is 2.83. The zero-order valence-electron chi connectivity index (χ0n) is 15.6. The van der Waals surface area contributed by atoms with Crippen molar-refractivity contribution in [2.75, 3.05) is 7.11 Å². The minimum Gasteiger partial charge on any atom is -0.497 e. The van der Waals surface area contributed by atoms with E-state index >= 15 is 0 Å². The summed E-state index contributed by atoms with van der Waals surface area (Å²) in [5.74, 6) is 1.35. The predicted octanol–water partition coefficient (Wildman–Crippen LogP) is 5.39. The second-order valence-electron chi connectivity index (χ2n) is 6.28. The minimum absolute atomic E-state index is 0.442. The van der Waals surface area contributed by atoms with Crippen LogP contribution in [0.4, 0.5) is 0 Å². The summed E-state index contributed by atoms with van der Waals surface area (Å²) in [6.45, 7) is 0.442. The average molecular weight is 368 g/mol. The smallest absolute Gasteiger partial charge is 0.240 e. The van der Waals surface area contributed by atoms with Gasteiger partial charge in [0.1, 0.15) is 18.1 Å². The largest absolute Gasteiger partial charge is 0.497 e. The zero-order valence-corrected chi connectivity index (χ0v) is 15.6. The maximum atomic E-state index is 6.01. The highest BCUT2D eigenvalue weighted by Crippen LogP contribution is 2.22. The molecule has 0 spiro atoms. The Kier molecular flexibility index (Phi) is 5.29. The number of benzene rings is 3. The van der Waals surface area contributed by atoms with E-state index in [0.29, 0.717) is 18.2 Å². The van der Waals surface area contributed by atoms with Gasteiger partial charge in [0.2, 0.25) is 5.88 Å². The first-order valence-electron chi connectivity index (χ1n) is 9.07. The maximum absolute atomic E-state index is 6.01. The maximum Gasteiger partial charge on any atom is 0.240 e. The Morgan fingerprint density at radius 3 is 2.14 bits per heavy atom. The molecule has 4 heteroatoms. The topological polar surface area (TPSA) is 44.2 Å². The van der Waals surface area contributed by atoms with Crippen LogP contribution in [0.25, 0.3) is 23.2 Å². The normalized spacial score (nSPS) is 11.0. The standard InChI is InChI=1S/C24H20N2O2/c1-27-20-14-11-18(12-15-20)13-16-23-24(28-17-19-7-3-2-4-8-19)26-22-10-6-5-9-21(22)25-23/h2-16H,17H2,1H3/b16-13-. The highest BCUT2D eigenvalue weighted by molar-refractivity contribution is 5.79. The molecule has 28 heavy (non-hydrogen) atoms. The molecule has 4 aromatic rings. The van der Waals surface area contributed by atoms with Crippen molar-refractivity contribution in [1.82, 2.24) is 9.97 Å². The number of fused-ring (bicyclic) bond motifs is 1. The van der Waals surface area contributed by atoms with E-state index in [1.165, 1.54) is 0 Å². The van der Waals surface area contributed by atoms with E-state index in [2.05, 4.69) is 4.98 Å². The number of rotatable bonds is 6. The van der Waals surface area contributed by atoms with Crippen LogP contribution in [0.2, 0.25) is 0 Å². The summed E-state index contributed by atoms with van der Waals surface area (Å²) in [7, 11) is 1.66. The van der Waals surface area contributed by atoms with Crippen molar-refractivity contribution in [3.05, 3.63) is 95.7 Å². The van der Waals surface area contributed by atoms with Gasteiger partial charge < -0.3 is 9.47 Å².